The molecular weight excluding hydrogens is 112 g/mol. The maximum absolute atomic E-state index is 5.53. The average molecular weight is 126 g/mol. The van der Waals surface area contributed by atoms with Crippen molar-refractivity contribution in [3.8, 4) is 0 Å². The Morgan fingerprint density at radius 1 is 1.67 bits per heavy atom. The van der Waals surface area contributed by atoms with Crippen LogP contribution in [0.3, 0.4) is 0 Å². The van der Waals surface area contributed by atoms with Gasteiger partial charge in [0.05, 0.1) is 5.84 Å². The summed E-state index contributed by atoms with van der Waals surface area (Å²) in [6, 6.07) is 0. The molecule has 0 aromatic rings. The molecule has 1 rings (SSSR count). The van der Waals surface area contributed by atoms with Crippen molar-refractivity contribution in [2.75, 3.05) is 7.05 Å². The fraction of sp³-hybridized carbons (Fsp3) is 0.857. The molecule has 0 radical (unpaired) electrons. The second-order valence-corrected chi connectivity index (χ2v) is 2.72. The molecule has 2 heteroatoms. The van der Waals surface area contributed by atoms with E-state index in [1.807, 2.05) is 0 Å². The zero-order valence-electron chi connectivity index (χ0n) is 5.93. The molecule has 52 valence electrons. The zero-order chi connectivity index (χ0) is 6.69. The first-order valence-electron chi connectivity index (χ1n) is 3.54. The van der Waals surface area contributed by atoms with Crippen LogP contribution in [-0.4, -0.2) is 12.9 Å². The first kappa shape index (κ1) is 6.59. The van der Waals surface area contributed by atoms with Crippen LogP contribution in [-0.2, 0) is 0 Å². The van der Waals surface area contributed by atoms with Gasteiger partial charge < -0.3 is 5.73 Å². The van der Waals surface area contributed by atoms with Gasteiger partial charge in [-0.2, -0.15) is 0 Å². The van der Waals surface area contributed by atoms with Crippen molar-refractivity contribution >= 4 is 5.84 Å². The van der Waals surface area contributed by atoms with Crippen LogP contribution in [0.4, 0.5) is 0 Å². The van der Waals surface area contributed by atoms with Crippen LogP contribution in [0.1, 0.15) is 25.7 Å². The van der Waals surface area contributed by atoms with Gasteiger partial charge in [0.25, 0.3) is 0 Å². The van der Waals surface area contributed by atoms with E-state index in [-0.39, 0.29) is 0 Å². The van der Waals surface area contributed by atoms with Crippen molar-refractivity contribution < 1.29 is 0 Å². The smallest absolute Gasteiger partial charge is 0.0936 e. The number of amidine groups is 1. The predicted molar refractivity (Wildman–Crippen MR) is 39.5 cm³/mol. The van der Waals surface area contributed by atoms with Gasteiger partial charge in [-0.15, -0.1) is 0 Å². The summed E-state index contributed by atoms with van der Waals surface area (Å²) >= 11 is 0. The third kappa shape index (κ3) is 1.70. The summed E-state index contributed by atoms with van der Waals surface area (Å²) in [6.07, 6.45) is 5.13. The first-order chi connectivity index (χ1) is 4.33. The van der Waals surface area contributed by atoms with Gasteiger partial charge in [-0.3, -0.25) is 4.99 Å². The fourth-order valence-corrected chi connectivity index (χ4v) is 1.08. The SMILES string of the molecule is CN=C(N)CC1CCC1. The summed E-state index contributed by atoms with van der Waals surface area (Å²) in [5.74, 6) is 1.67. The topological polar surface area (TPSA) is 38.4 Å². The first-order valence-corrected chi connectivity index (χ1v) is 3.54. The Morgan fingerprint density at radius 2 is 2.33 bits per heavy atom. The molecule has 1 aliphatic carbocycles. The van der Waals surface area contributed by atoms with E-state index in [2.05, 4.69) is 4.99 Å². The molecule has 0 bridgehead atoms. The number of hydrogen-bond donors (Lipinski definition) is 1. The van der Waals surface area contributed by atoms with Crippen LogP contribution in [0.15, 0.2) is 4.99 Å². The van der Waals surface area contributed by atoms with Gasteiger partial charge in [-0.05, 0) is 5.92 Å². The van der Waals surface area contributed by atoms with E-state index in [9.17, 15) is 0 Å². The number of nitrogens with zero attached hydrogens (tertiary/aromatic N) is 1. The fourth-order valence-electron chi connectivity index (χ4n) is 1.08. The molecule has 0 aromatic carbocycles. The Hall–Kier alpha value is -0.530. The lowest BCUT2D eigenvalue weighted by molar-refractivity contribution is 0.326. The molecule has 1 aliphatic rings. The van der Waals surface area contributed by atoms with Crippen LogP contribution < -0.4 is 5.73 Å². The lowest BCUT2D eigenvalue weighted by Crippen LogP contribution is -2.21. The number of nitrogens with two attached hydrogens (primary N) is 1. The van der Waals surface area contributed by atoms with E-state index in [4.69, 9.17) is 5.73 Å². The average Bonchev–Trinajstić information content (AvgIpc) is 1.78. The van der Waals surface area contributed by atoms with Crippen LogP contribution in [0.25, 0.3) is 0 Å². The van der Waals surface area contributed by atoms with Crippen molar-refractivity contribution in [2.24, 2.45) is 16.6 Å². The third-order valence-electron chi connectivity index (χ3n) is 2.01. The van der Waals surface area contributed by atoms with Gasteiger partial charge >= 0.3 is 0 Å². The van der Waals surface area contributed by atoms with E-state index in [1.54, 1.807) is 7.05 Å². The van der Waals surface area contributed by atoms with E-state index in [0.29, 0.717) is 0 Å². The Kier molecular flexibility index (Phi) is 2.09. The highest BCUT2D eigenvalue weighted by atomic mass is 14.8. The second kappa shape index (κ2) is 2.85. The van der Waals surface area contributed by atoms with Gasteiger partial charge in [0.2, 0.25) is 0 Å². The predicted octanol–water partition coefficient (Wildman–Crippen LogP) is 1.16. The van der Waals surface area contributed by atoms with E-state index in [1.165, 1.54) is 19.3 Å². The second-order valence-electron chi connectivity index (χ2n) is 2.72. The molecule has 1 saturated carbocycles. The standard InChI is InChI=1S/C7H14N2/c1-9-7(8)5-6-3-2-4-6/h6H,2-5H2,1H3,(H2,8,9). The molecule has 0 amide bonds. The number of rotatable bonds is 2. The summed E-state index contributed by atoms with van der Waals surface area (Å²) in [7, 11) is 1.76. The Labute approximate surface area is 56.2 Å². The minimum atomic E-state index is 0.819. The highest BCUT2D eigenvalue weighted by Crippen LogP contribution is 2.28. The largest absolute Gasteiger partial charge is 0.387 e. The van der Waals surface area contributed by atoms with Gasteiger partial charge in [0.15, 0.2) is 0 Å². The molecule has 0 aliphatic heterocycles. The maximum Gasteiger partial charge on any atom is 0.0936 e. The Balaban J connectivity index is 2.16. The molecule has 0 saturated heterocycles. The normalized spacial score (nSPS) is 21.7. The Morgan fingerprint density at radius 3 is 2.67 bits per heavy atom. The molecule has 0 spiro atoms. The van der Waals surface area contributed by atoms with E-state index < -0.39 is 0 Å². The van der Waals surface area contributed by atoms with Gasteiger partial charge in [-0.1, -0.05) is 19.3 Å². The van der Waals surface area contributed by atoms with Crippen molar-refractivity contribution in [1.29, 1.82) is 0 Å². The molecule has 1 fully saturated rings. The highest BCUT2D eigenvalue weighted by Gasteiger charge is 2.17. The van der Waals surface area contributed by atoms with E-state index in [0.717, 1.165) is 18.2 Å². The van der Waals surface area contributed by atoms with Crippen LogP contribution >= 0.6 is 0 Å². The van der Waals surface area contributed by atoms with Crippen molar-refractivity contribution in [1.82, 2.24) is 0 Å². The van der Waals surface area contributed by atoms with E-state index >= 15 is 0 Å². The molecule has 0 aromatic heterocycles. The Bertz CT molecular complexity index is 114. The molecule has 9 heavy (non-hydrogen) atoms. The number of hydrogen-bond acceptors (Lipinski definition) is 1. The van der Waals surface area contributed by atoms with Gasteiger partial charge in [0, 0.05) is 13.5 Å². The highest BCUT2D eigenvalue weighted by molar-refractivity contribution is 5.80. The lowest BCUT2D eigenvalue weighted by atomic mass is 9.83. The van der Waals surface area contributed by atoms with Crippen LogP contribution in [0.2, 0.25) is 0 Å². The molecule has 0 heterocycles. The summed E-state index contributed by atoms with van der Waals surface area (Å²) in [5, 5.41) is 0. The molecule has 0 atom stereocenters. The third-order valence-corrected chi connectivity index (χ3v) is 2.01. The summed E-state index contributed by atoms with van der Waals surface area (Å²) in [6.45, 7) is 0. The van der Waals surface area contributed by atoms with Crippen LogP contribution in [0.5, 0.6) is 0 Å². The van der Waals surface area contributed by atoms with Gasteiger partial charge in [0.1, 0.15) is 0 Å². The molecule has 0 unspecified atom stereocenters. The zero-order valence-corrected chi connectivity index (χ0v) is 5.93. The molecular formula is C7H14N2. The molecule has 2 nitrogen and oxygen atoms in total. The summed E-state index contributed by atoms with van der Waals surface area (Å²) < 4.78 is 0. The molecule has 2 N–H and O–H groups in total. The summed E-state index contributed by atoms with van der Waals surface area (Å²) in [5.41, 5.74) is 5.53. The summed E-state index contributed by atoms with van der Waals surface area (Å²) in [4.78, 5) is 3.90. The minimum absolute atomic E-state index is 0.819. The van der Waals surface area contributed by atoms with Crippen molar-refractivity contribution in [2.45, 2.75) is 25.7 Å². The number of aliphatic imine (C=N–C) groups is 1. The quantitative estimate of drug-likeness (QED) is 0.437. The lowest BCUT2D eigenvalue weighted by Gasteiger charge is -2.24. The van der Waals surface area contributed by atoms with Crippen LogP contribution in [0, 0.1) is 5.92 Å². The van der Waals surface area contributed by atoms with Crippen molar-refractivity contribution in [3.63, 3.8) is 0 Å². The van der Waals surface area contributed by atoms with Gasteiger partial charge in [-0.25, -0.2) is 0 Å². The minimum Gasteiger partial charge on any atom is -0.387 e. The monoisotopic (exact) mass is 126 g/mol. The van der Waals surface area contributed by atoms with Crippen molar-refractivity contribution in [3.05, 3.63) is 0 Å². The maximum atomic E-state index is 5.53.